The van der Waals surface area contributed by atoms with Gasteiger partial charge in [-0.05, 0) is 55.3 Å². The second-order valence-electron chi connectivity index (χ2n) is 5.73. The van der Waals surface area contributed by atoms with Crippen molar-refractivity contribution in [1.82, 2.24) is 20.2 Å². The van der Waals surface area contributed by atoms with Crippen molar-refractivity contribution in [3.63, 3.8) is 0 Å². The van der Waals surface area contributed by atoms with Crippen molar-refractivity contribution in [2.24, 2.45) is 0 Å². The number of halogens is 1. The van der Waals surface area contributed by atoms with Crippen molar-refractivity contribution in [1.29, 1.82) is 0 Å². The van der Waals surface area contributed by atoms with Crippen LogP contribution in [0.25, 0.3) is 11.4 Å². The summed E-state index contributed by atoms with van der Waals surface area (Å²) in [5.41, 5.74) is 0.675. The maximum Gasteiger partial charge on any atom is 0.253 e. The molecular weight excluding hydrogens is 301 g/mol. The second kappa shape index (κ2) is 6.41. The Bertz CT molecular complexity index is 710. The van der Waals surface area contributed by atoms with Gasteiger partial charge in [0.05, 0.1) is 11.6 Å². The normalized spacial score (nSPS) is 17.7. The third-order valence-electron chi connectivity index (χ3n) is 3.68. The standard InChI is InChI=1S/C15H18FN5O2/c1-9(2)21-14(18-19-20-21)11-6-5-10(8-12(11)16)17-15(22)13-4-3-7-23-13/h5-6,8-9,13H,3-4,7H2,1-2H3,(H,17,22). The van der Waals surface area contributed by atoms with E-state index >= 15 is 0 Å². The molecule has 1 aliphatic rings. The lowest BCUT2D eigenvalue weighted by Crippen LogP contribution is -2.26. The minimum Gasteiger partial charge on any atom is -0.368 e. The Balaban J connectivity index is 1.80. The van der Waals surface area contributed by atoms with Crippen LogP contribution in [0.2, 0.25) is 0 Å². The number of carbonyl (C=O) groups is 1. The zero-order valence-electron chi connectivity index (χ0n) is 13.0. The van der Waals surface area contributed by atoms with Gasteiger partial charge in [-0.25, -0.2) is 9.07 Å². The lowest BCUT2D eigenvalue weighted by Gasteiger charge is -2.12. The highest BCUT2D eigenvalue weighted by Gasteiger charge is 2.24. The third kappa shape index (κ3) is 3.21. The molecule has 0 bridgehead atoms. The number of aromatic nitrogens is 4. The lowest BCUT2D eigenvalue weighted by atomic mass is 10.1. The fraction of sp³-hybridized carbons (Fsp3) is 0.467. The average molecular weight is 319 g/mol. The van der Waals surface area contributed by atoms with Crippen molar-refractivity contribution in [2.45, 2.75) is 38.8 Å². The molecule has 0 spiro atoms. The molecule has 1 aliphatic heterocycles. The highest BCUT2D eigenvalue weighted by Crippen LogP contribution is 2.25. The summed E-state index contributed by atoms with van der Waals surface area (Å²) in [5, 5.41) is 14.0. The molecule has 1 saturated heterocycles. The quantitative estimate of drug-likeness (QED) is 0.934. The summed E-state index contributed by atoms with van der Waals surface area (Å²) in [7, 11) is 0. The van der Waals surface area contributed by atoms with E-state index < -0.39 is 11.9 Å². The van der Waals surface area contributed by atoms with Crippen molar-refractivity contribution in [2.75, 3.05) is 11.9 Å². The van der Waals surface area contributed by atoms with E-state index in [1.165, 1.54) is 6.07 Å². The molecule has 23 heavy (non-hydrogen) atoms. The number of nitrogens with zero attached hydrogens (tertiary/aromatic N) is 4. The minimum atomic E-state index is -0.494. The van der Waals surface area contributed by atoms with Crippen LogP contribution in [0.5, 0.6) is 0 Å². The zero-order chi connectivity index (χ0) is 16.4. The number of nitrogens with one attached hydrogen (secondary N) is 1. The van der Waals surface area contributed by atoms with Crippen molar-refractivity contribution >= 4 is 11.6 Å². The highest BCUT2D eigenvalue weighted by molar-refractivity contribution is 5.94. The lowest BCUT2D eigenvalue weighted by molar-refractivity contribution is -0.124. The summed E-state index contributed by atoms with van der Waals surface area (Å²) in [6, 6.07) is 4.47. The van der Waals surface area contributed by atoms with Crippen molar-refractivity contribution in [3.05, 3.63) is 24.0 Å². The van der Waals surface area contributed by atoms with Crippen LogP contribution in [-0.2, 0) is 9.53 Å². The van der Waals surface area contributed by atoms with Gasteiger partial charge in [-0.2, -0.15) is 0 Å². The SMILES string of the molecule is CC(C)n1nnnc1-c1ccc(NC(=O)C2CCCO2)cc1F. The van der Waals surface area contributed by atoms with Crippen LogP contribution in [0, 0.1) is 5.82 Å². The Morgan fingerprint density at radius 1 is 1.48 bits per heavy atom. The molecule has 0 aliphatic carbocycles. The molecule has 8 heteroatoms. The number of anilines is 1. The highest BCUT2D eigenvalue weighted by atomic mass is 19.1. The smallest absolute Gasteiger partial charge is 0.253 e. The topological polar surface area (TPSA) is 81.9 Å². The Morgan fingerprint density at radius 3 is 2.96 bits per heavy atom. The molecule has 0 saturated carbocycles. The largest absolute Gasteiger partial charge is 0.368 e. The van der Waals surface area contributed by atoms with Crippen LogP contribution in [0.4, 0.5) is 10.1 Å². The number of amides is 1. The first kappa shape index (κ1) is 15.5. The number of ether oxygens (including phenoxy) is 1. The van der Waals surface area contributed by atoms with E-state index in [-0.39, 0.29) is 11.9 Å². The molecule has 1 N–H and O–H groups in total. The number of carbonyl (C=O) groups excluding carboxylic acids is 1. The van der Waals surface area contributed by atoms with Crippen molar-refractivity contribution < 1.29 is 13.9 Å². The van der Waals surface area contributed by atoms with E-state index in [0.717, 1.165) is 6.42 Å². The number of hydrogen-bond acceptors (Lipinski definition) is 5. The van der Waals surface area contributed by atoms with E-state index in [9.17, 15) is 9.18 Å². The molecule has 1 amide bonds. The van der Waals surface area contributed by atoms with E-state index in [2.05, 4.69) is 20.8 Å². The maximum absolute atomic E-state index is 14.4. The second-order valence-corrected chi connectivity index (χ2v) is 5.73. The van der Waals surface area contributed by atoms with Gasteiger partial charge >= 0.3 is 0 Å². The van der Waals surface area contributed by atoms with E-state index in [1.54, 1.807) is 16.8 Å². The average Bonchev–Trinajstić information content (AvgIpc) is 3.19. The van der Waals surface area contributed by atoms with Crippen LogP contribution < -0.4 is 5.32 Å². The van der Waals surface area contributed by atoms with Gasteiger partial charge in [0.1, 0.15) is 11.9 Å². The van der Waals surface area contributed by atoms with Crippen LogP contribution in [0.15, 0.2) is 18.2 Å². The molecule has 1 fully saturated rings. The summed E-state index contributed by atoms with van der Waals surface area (Å²) < 4.78 is 21.2. The monoisotopic (exact) mass is 319 g/mol. The molecule has 1 unspecified atom stereocenters. The molecule has 0 radical (unpaired) electrons. The van der Waals surface area contributed by atoms with Crippen LogP contribution >= 0.6 is 0 Å². The number of tetrazole rings is 1. The molecule has 122 valence electrons. The Morgan fingerprint density at radius 2 is 2.30 bits per heavy atom. The predicted octanol–water partition coefficient (Wildman–Crippen LogP) is 2.18. The van der Waals surface area contributed by atoms with Gasteiger partial charge in [0, 0.05) is 12.3 Å². The van der Waals surface area contributed by atoms with Crippen LogP contribution in [0.3, 0.4) is 0 Å². The summed E-state index contributed by atoms with van der Waals surface area (Å²) >= 11 is 0. The molecule has 1 atom stereocenters. The Labute approximate surface area is 132 Å². The molecule has 2 aromatic rings. The third-order valence-corrected chi connectivity index (χ3v) is 3.68. The summed E-state index contributed by atoms with van der Waals surface area (Å²) in [6.07, 6.45) is 1.10. The Kier molecular flexibility index (Phi) is 4.33. The van der Waals surface area contributed by atoms with Crippen LogP contribution in [0.1, 0.15) is 32.7 Å². The fourth-order valence-electron chi connectivity index (χ4n) is 2.50. The van der Waals surface area contributed by atoms with Gasteiger partial charge in [0.15, 0.2) is 5.82 Å². The number of benzene rings is 1. The van der Waals surface area contributed by atoms with Gasteiger partial charge in [-0.1, -0.05) is 0 Å². The van der Waals surface area contributed by atoms with Crippen molar-refractivity contribution in [3.8, 4) is 11.4 Å². The maximum atomic E-state index is 14.4. The summed E-state index contributed by atoms with van der Waals surface area (Å²) in [6.45, 7) is 4.41. The molecular formula is C15H18FN5O2. The Hall–Kier alpha value is -2.35. The first-order chi connectivity index (χ1) is 11.1. The number of rotatable bonds is 4. The molecule has 1 aromatic carbocycles. The summed E-state index contributed by atoms with van der Waals surface area (Å²) in [4.78, 5) is 12.0. The fourth-order valence-corrected chi connectivity index (χ4v) is 2.50. The predicted molar refractivity (Wildman–Crippen MR) is 81.2 cm³/mol. The van der Waals surface area contributed by atoms with E-state index in [1.807, 2.05) is 13.8 Å². The molecule has 7 nitrogen and oxygen atoms in total. The molecule has 2 heterocycles. The zero-order valence-corrected chi connectivity index (χ0v) is 13.0. The minimum absolute atomic E-state index is 0.0123. The summed E-state index contributed by atoms with van der Waals surface area (Å²) in [5.74, 6) is -0.386. The van der Waals surface area contributed by atoms with Gasteiger partial charge in [0.2, 0.25) is 0 Å². The first-order valence-corrected chi connectivity index (χ1v) is 7.56. The number of hydrogen-bond donors (Lipinski definition) is 1. The van der Waals surface area contributed by atoms with Gasteiger partial charge in [-0.15, -0.1) is 5.10 Å². The van der Waals surface area contributed by atoms with Crippen LogP contribution in [-0.4, -0.2) is 38.8 Å². The first-order valence-electron chi connectivity index (χ1n) is 7.56. The van der Waals surface area contributed by atoms with Gasteiger partial charge < -0.3 is 10.1 Å². The van der Waals surface area contributed by atoms with E-state index in [4.69, 9.17) is 4.74 Å². The molecule has 1 aromatic heterocycles. The van der Waals surface area contributed by atoms with E-state index in [0.29, 0.717) is 30.1 Å². The van der Waals surface area contributed by atoms with Gasteiger partial charge in [-0.3, -0.25) is 4.79 Å². The molecule has 3 rings (SSSR count). The van der Waals surface area contributed by atoms with Gasteiger partial charge in [0.25, 0.3) is 5.91 Å².